The van der Waals surface area contributed by atoms with Crippen LogP contribution >= 0.6 is 0 Å². The maximum atomic E-state index is 9.33. The minimum absolute atomic E-state index is 0.222. The number of rotatable bonds is 1. The number of pyridine rings is 1. The van der Waals surface area contributed by atoms with Gasteiger partial charge in [0.15, 0.2) is 0 Å². The highest BCUT2D eigenvalue weighted by molar-refractivity contribution is 5.83. The summed E-state index contributed by atoms with van der Waals surface area (Å²) in [5, 5.41) is 20.4. The predicted molar refractivity (Wildman–Crippen MR) is 54.0 cm³/mol. The van der Waals surface area contributed by atoms with E-state index in [1.54, 1.807) is 37.4 Å². The molecule has 14 heavy (non-hydrogen) atoms. The normalized spacial score (nSPS) is 13.0. The Morgan fingerprint density at radius 3 is 2.71 bits per heavy atom. The monoisotopic (exact) mass is 189 g/mol. The van der Waals surface area contributed by atoms with Gasteiger partial charge in [0, 0.05) is 11.6 Å². The summed E-state index contributed by atoms with van der Waals surface area (Å²) >= 11 is 0. The molecule has 0 saturated heterocycles. The molecule has 0 fully saturated rings. The highest BCUT2D eigenvalue weighted by Gasteiger charge is 2.03. The zero-order chi connectivity index (χ0) is 10.1. The predicted octanol–water partition coefficient (Wildman–Crippen LogP) is 1.99. The zero-order valence-electron chi connectivity index (χ0n) is 7.81. The number of fused-ring (bicyclic) bond motifs is 1. The number of aromatic nitrogens is 1. The number of hydrogen-bond donors (Lipinski definition) is 2. The first-order chi connectivity index (χ1) is 6.66. The van der Waals surface area contributed by atoms with Crippen molar-refractivity contribution in [2.24, 2.45) is 0 Å². The molecule has 3 heteroatoms. The maximum absolute atomic E-state index is 9.33. The van der Waals surface area contributed by atoms with Crippen LogP contribution in [0.1, 0.15) is 18.7 Å². The number of aromatic hydroxyl groups is 1. The van der Waals surface area contributed by atoms with Crippen LogP contribution in [0.5, 0.6) is 5.75 Å². The third kappa shape index (κ3) is 1.54. The summed E-state index contributed by atoms with van der Waals surface area (Å²) in [7, 11) is 0. The maximum Gasteiger partial charge on any atom is 0.116 e. The molecule has 0 unspecified atom stereocenters. The van der Waals surface area contributed by atoms with Gasteiger partial charge in [-0.25, -0.2) is 0 Å². The Morgan fingerprint density at radius 2 is 2.00 bits per heavy atom. The Bertz CT molecular complexity index is 466. The van der Waals surface area contributed by atoms with Crippen LogP contribution in [0.4, 0.5) is 0 Å². The lowest BCUT2D eigenvalue weighted by atomic mass is 10.1. The standard InChI is InChI=1S/C11H11NO2/c1-7(13)11-5-9-4-10(14)3-2-8(9)6-12-11/h2-7,13-14H,1H3/t7-/m1/s1. The van der Waals surface area contributed by atoms with E-state index >= 15 is 0 Å². The molecule has 0 aliphatic rings. The Balaban J connectivity index is 2.63. The van der Waals surface area contributed by atoms with E-state index in [1.165, 1.54) is 0 Å². The van der Waals surface area contributed by atoms with Crippen molar-refractivity contribution in [2.45, 2.75) is 13.0 Å². The van der Waals surface area contributed by atoms with Crippen molar-refractivity contribution in [3.63, 3.8) is 0 Å². The first-order valence-electron chi connectivity index (χ1n) is 4.43. The van der Waals surface area contributed by atoms with Gasteiger partial charge in [0.1, 0.15) is 5.75 Å². The summed E-state index contributed by atoms with van der Waals surface area (Å²) in [5.74, 6) is 0.222. The molecule has 0 amide bonds. The van der Waals surface area contributed by atoms with Crippen molar-refractivity contribution in [3.8, 4) is 5.75 Å². The molecule has 1 heterocycles. The van der Waals surface area contributed by atoms with Gasteiger partial charge in [0.25, 0.3) is 0 Å². The number of phenols is 1. The van der Waals surface area contributed by atoms with Crippen LogP contribution in [0.25, 0.3) is 10.8 Å². The summed E-state index contributed by atoms with van der Waals surface area (Å²) in [6.07, 6.45) is 1.11. The summed E-state index contributed by atoms with van der Waals surface area (Å²) in [6, 6.07) is 6.85. The van der Waals surface area contributed by atoms with E-state index in [0.29, 0.717) is 5.69 Å². The Kier molecular flexibility index (Phi) is 2.09. The number of benzene rings is 1. The van der Waals surface area contributed by atoms with Gasteiger partial charge in [-0.1, -0.05) is 0 Å². The summed E-state index contributed by atoms with van der Waals surface area (Å²) in [6.45, 7) is 1.66. The molecule has 1 aromatic carbocycles. The SMILES string of the molecule is C[C@@H](O)c1cc2cc(O)ccc2cn1. The van der Waals surface area contributed by atoms with Crippen molar-refractivity contribution < 1.29 is 10.2 Å². The minimum atomic E-state index is -0.582. The number of aliphatic hydroxyl groups excluding tert-OH is 1. The molecule has 0 aliphatic carbocycles. The number of aliphatic hydroxyl groups is 1. The Labute approximate surface area is 81.7 Å². The summed E-state index contributed by atoms with van der Waals surface area (Å²) in [5.41, 5.74) is 0.614. The molecule has 1 aromatic heterocycles. The first-order valence-corrected chi connectivity index (χ1v) is 4.43. The van der Waals surface area contributed by atoms with Gasteiger partial charge >= 0.3 is 0 Å². The van der Waals surface area contributed by atoms with Gasteiger partial charge in [-0.15, -0.1) is 0 Å². The smallest absolute Gasteiger partial charge is 0.116 e. The largest absolute Gasteiger partial charge is 0.508 e. The van der Waals surface area contributed by atoms with Gasteiger partial charge in [-0.05, 0) is 36.6 Å². The second kappa shape index (κ2) is 3.27. The number of hydrogen-bond acceptors (Lipinski definition) is 3. The summed E-state index contributed by atoms with van der Waals surface area (Å²) < 4.78 is 0. The van der Waals surface area contributed by atoms with E-state index in [9.17, 15) is 10.2 Å². The van der Waals surface area contributed by atoms with Crippen LogP contribution in [-0.2, 0) is 0 Å². The van der Waals surface area contributed by atoms with Crippen LogP contribution in [-0.4, -0.2) is 15.2 Å². The fourth-order valence-corrected chi connectivity index (χ4v) is 1.37. The molecular formula is C11H11NO2. The van der Waals surface area contributed by atoms with Crippen molar-refractivity contribution >= 4 is 10.8 Å². The van der Waals surface area contributed by atoms with E-state index in [-0.39, 0.29) is 5.75 Å². The van der Waals surface area contributed by atoms with Crippen LogP contribution in [0.15, 0.2) is 30.5 Å². The minimum Gasteiger partial charge on any atom is -0.508 e. The van der Waals surface area contributed by atoms with Gasteiger partial charge in [0.2, 0.25) is 0 Å². The second-order valence-corrected chi connectivity index (χ2v) is 3.32. The Morgan fingerprint density at radius 1 is 1.21 bits per heavy atom. The average molecular weight is 189 g/mol. The molecular weight excluding hydrogens is 178 g/mol. The Hall–Kier alpha value is -1.61. The third-order valence-corrected chi connectivity index (χ3v) is 2.15. The molecule has 0 saturated carbocycles. The zero-order valence-corrected chi connectivity index (χ0v) is 7.81. The number of phenolic OH excluding ortho intramolecular Hbond substituents is 1. The van der Waals surface area contributed by atoms with Crippen LogP contribution in [0.3, 0.4) is 0 Å². The summed E-state index contributed by atoms with van der Waals surface area (Å²) in [4.78, 5) is 4.10. The van der Waals surface area contributed by atoms with E-state index in [4.69, 9.17) is 0 Å². The lowest BCUT2D eigenvalue weighted by Crippen LogP contribution is -1.94. The van der Waals surface area contributed by atoms with Crippen molar-refractivity contribution in [3.05, 3.63) is 36.2 Å². The third-order valence-electron chi connectivity index (χ3n) is 2.15. The van der Waals surface area contributed by atoms with Crippen LogP contribution < -0.4 is 0 Å². The molecule has 2 N–H and O–H groups in total. The fourth-order valence-electron chi connectivity index (χ4n) is 1.37. The molecule has 2 aromatic rings. The topological polar surface area (TPSA) is 53.4 Å². The molecule has 0 radical (unpaired) electrons. The highest BCUT2D eigenvalue weighted by Crippen LogP contribution is 2.21. The lowest BCUT2D eigenvalue weighted by Gasteiger charge is -2.05. The van der Waals surface area contributed by atoms with Crippen LogP contribution in [0, 0.1) is 0 Å². The van der Waals surface area contributed by atoms with Gasteiger partial charge in [-0.2, -0.15) is 0 Å². The molecule has 1 atom stereocenters. The van der Waals surface area contributed by atoms with E-state index < -0.39 is 6.10 Å². The first kappa shape index (κ1) is 8.97. The van der Waals surface area contributed by atoms with Gasteiger partial charge in [0.05, 0.1) is 11.8 Å². The lowest BCUT2D eigenvalue weighted by molar-refractivity contribution is 0.194. The fraction of sp³-hybridized carbons (Fsp3) is 0.182. The molecule has 72 valence electrons. The van der Waals surface area contributed by atoms with Crippen molar-refractivity contribution in [1.82, 2.24) is 4.98 Å². The highest BCUT2D eigenvalue weighted by atomic mass is 16.3. The average Bonchev–Trinajstić information content (AvgIpc) is 2.16. The molecule has 2 rings (SSSR count). The van der Waals surface area contributed by atoms with E-state index in [2.05, 4.69) is 4.98 Å². The number of nitrogens with zero attached hydrogens (tertiary/aromatic N) is 1. The van der Waals surface area contributed by atoms with Crippen molar-refractivity contribution in [1.29, 1.82) is 0 Å². The second-order valence-electron chi connectivity index (χ2n) is 3.32. The van der Waals surface area contributed by atoms with Gasteiger partial charge in [-0.3, -0.25) is 4.98 Å². The van der Waals surface area contributed by atoms with Crippen LogP contribution in [0.2, 0.25) is 0 Å². The molecule has 0 spiro atoms. The quantitative estimate of drug-likeness (QED) is 0.721. The molecule has 3 nitrogen and oxygen atoms in total. The van der Waals surface area contributed by atoms with E-state index in [0.717, 1.165) is 10.8 Å². The van der Waals surface area contributed by atoms with Crippen molar-refractivity contribution in [2.75, 3.05) is 0 Å². The van der Waals surface area contributed by atoms with Gasteiger partial charge < -0.3 is 10.2 Å². The molecule has 0 bridgehead atoms. The van der Waals surface area contributed by atoms with E-state index in [1.807, 2.05) is 0 Å². The molecule has 0 aliphatic heterocycles.